The van der Waals surface area contributed by atoms with Gasteiger partial charge >= 0.3 is 0 Å². The second kappa shape index (κ2) is 25.9. The fourth-order valence-corrected chi connectivity index (χ4v) is 6.40. The minimum absolute atomic E-state index is 0. The fourth-order valence-electron chi connectivity index (χ4n) is 6.40. The molecule has 0 saturated heterocycles. The van der Waals surface area contributed by atoms with Crippen molar-refractivity contribution in [2.24, 2.45) is 0 Å². The van der Waals surface area contributed by atoms with Crippen molar-refractivity contribution in [1.29, 1.82) is 0 Å². The zero-order valence-electron chi connectivity index (χ0n) is 36.9. The number of carbonyl (C=O) groups is 6. The Balaban J connectivity index is -0.000000353. The summed E-state index contributed by atoms with van der Waals surface area (Å²) in [6, 6.07) is 16.3. The van der Waals surface area contributed by atoms with Crippen LogP contribution < -0.4 is 11.5 Å². The van der Waals surface area contributed by atoms with Crippen LogP contribution >= 0.6 is 0 Å². The van der Waals surface area contributed by atoms with Gasteiger partial charge in [-0.25, -0.2) is 29.9 Å². The number of fused-ring (bicyclic) bond motifs is 9. The molecule has 3 heterocycles. The maximum absolute atomic E-state index is 10.4. The lowest BCUT2D eigenvalue weighted by Crippen LogP contribution is -2.49. The number of benzene rings is 5. The van der Waals surface area contributed by atoms with Crippen LogP contribution in [0.25, 0.3) is 66.2 Å². The first-order chi connectivity index (χ1) is 27.3. The summed E-state index contributed by atoms with van der Waals surface area (Å²) in [6.07, 6.45) is 0. The molecule has 0 spiro atoms. The minimum atomic E-state index is -1.73. The highest BCUT2D eigenvalue weighted by molar-refractivity contribution is 7.08. The number of aromatic nitrogens is 6. The number of ketones is 6. The first-order valence-electron chi connectivity index (χ1n) is 18.1. The fraction of sp³-hybridized carbons (Fsp3) is 0.234. The van der Waals surface area contributed by atoms with E-state index in [9.17, 15) is 28.8 Å². The summed E-state index contributed by atoms with van der Waals surface area (Å²) in [5, 5.41) is 0. The SMILES string of the molecule is C.C.C.Cc1cc(N)c(N)cc1C.Cc1cc2nc3c4nc5cc(C)c(C)cc5nc4c4nc5cc(C)c(C)cc5nc4c3nc2cc1C.O.O.O.O.O.O.O.O.O=C1C(=O)C(=O)C(=O)C(=O)C1=O. The number of carbonyl (C=O) groups excluding carboxylic acids is 6. The summed E-state index contributed by atoms with van der Waals surface area (Å²) in [4.78, 5) is 92.9. The van der Waals surface area contributed by atoms with Crippen molar-refractivity contribution >= 4 is 112 Å². The van der Waals surface area contributed by atoms with Gasteiger partial charge < -0.3 is 55.3 Å². The molecule has 69 heavy (non-hydrogen) atoms. The lowest BCUT2D eigenvalue weighted by atomic mass is 9.93. The van der Waals surface area contributed by atoms with Gasteiger partial charge in [-0.1, -0.05) is 22.3 Å². The molecule has 0 atom stereocenters. The summed E-state index contributed by atoms with van der Waals surface area (Å²) in [6.45, 7) is 16.6. The Morgan fingerprint density at radius 2 is 0.377 bits per heavy atom. The van der Waals surface area contributed by atoms with Crippen LogP contribution in [0.1, 0.15) is 66.8 Å². The molecule has 1 aliphatic rings. The van der Waals surface area contributed by atoms with Crippen LogP contribution in [0.4, 0.5) is 11.4 Å². The molecular weight excluding hydrogens is 901 g/mol. The van der Waals surface area contributed by atoms with E-state index in [2.05, 4.69) is 77.9 Å². The Morgan fingerprint density at radius 3 is 0.507 bits per heavy atom. The predicted molar refractivity (Wildman–Crippen MR) is 271 cm³/mol. The Labute approximate surface area is 396 Å². The molecule has 0 aliphatic heterocycles. The molecule has 376 valence electrons. The van der Waals surface area contributed by atoms with Crippen LogP contribution in [0.2, 0.25) is 0 Å². The Kier molecular flexibility index (Phi) is 26.4. The summed E-state index contributed by atoms with van der Waals surface area (Å²) < 4.78 is 0. The molecule has 5 aromatic carbocycles. The standard InChI is InChI=1S/C30H24N6.C8H12N2.C6O6.3CH4.8H2O/c1-13-7-19-20(8-14(13)2)32-26-25(31-19)27-29(35-22-10-16(4)15(3)9-21(22)33-27)30-28(26)34-23-11-17(5)18(6)12-24(23)36-30;1-5-3-7(9)8(10)4-6(5)2;7-1-2(8)4(10)6(12)5(11)3(1)9;;;;;;;;;;;/h7-12H,1-6H3;3-4H,9-10H2,1-2H3;;3*1H4;8*1H2. The molecular formula is C47H64N8O14. The van der Waals surface area contributed by atoms with Crippen molar-refractivity contribution in [3.05, 3.63) is 93.0 Å². The minimum Gasteiger partial charge on any atom is -0.412 e. The Hall–Kier alpha value is -7.80. The zero-order chi connectivity index (χ0) is 42.1. The molecule has 0 radical (unpaired) electrons. The normalized spacial score (nSPS) is 11.1. The van der Waals surface area contributed by atoms with E-state index < -0.39 is 34.7 Å². The number of rotatable bonds is 0. The molecule has 0 bridgehead atoms. The number of aryl methyl sites for hydroxylation is 8. The Bertz CT molecular complexity index is 2680. The molecule has 1 aliphatic carbocycles. The summed E-state index contributed by atoms with van der Waals surface area (Å²) in [7, 11) is 0. The number of nitrogen functional groups attached to an aromatic ring is 2. The lowest BCUT2D eigenvalue weighted by molar-refractivity contribution is -0.158. The maximum atomic E-state index is 10.4. The smallest absolute Gasteiger partial charge is 0.281 e. The van der Waals surface area contributed by atoms with Crippen LogP contribution in [0.3, 0.4) is 0 Å². The number of nitrogens with zero attached hydrogens (tertiary/aromatic N) is 6. The Morgan fingerprint density at radius 1 is 0.261 bits per heavy atom. The lowest BCUT2D eigenvalue weighted by Gasteiger charge is -2.12. The molecule has 22 nitrogen and oxygen atoms in total. The monoisotopic (exact) mass is 964 g/mol. The van der Waals surface area contributed by atoms with Gasteiger partial charge in [0.2, 0.25) is 0 Å². The van der Waals surface area contributed by atoms with Crippen molar-refractivity contribution in [1.82, 2.24) is 29.9 Å². The molecule has 1 fully saturated rings. The quantitative estimate of drug-likeness (QED) is 0.0928. The van der Waals surface area contributed by atoms with E-state index in [1.54, 1.807) is 0 Å². The van der Waals surface area contributed by atoms with Gasteiger partial charge in [-0.05, 0) is 148 Å². The van der Waals surface area contributed by atoms with Crippen molar-refractivity contribution in [3.8, 4) is 0 Å². The number of nitrogens with two attached hydrogens (primary N) is 2. The van der Waals surface area contributed by atoms with Gasteiger partial charge in [0.05, 0.1) is 44.5 Å². The maximum Gasteiger partial charge on any atom is 0.281 e. The third-order valence-corrected chi connectivity index (χ3v) is 10.4. The number of hydrogen-bond donors (Lipinski definition) is 2. The highest BCUT2D eigenvalue weighted by atomic mass is 16.2. The zero-order valence-corrected chi connectivity index (χ0v) is 36.9. The molecule has 3 aromatic heterocycles. The van der Waals surface area contributed by atoms with E-state index in [1.807, 2.05) is 26.0 Å². The van der Waals surface area contributed by atoms with Crippen molar-refractivity contribution in [2.75, 3.05) is 11.5 Å². The van der Waals surface area contributed by atoms with E-state index in [4.69, 9.17) is 41.4 Å². The average Bonchev–Trinajstić information content (AvgIpc) is 3.18. The van der Waals surface area contributed by atoms with Crippen molar-refractivity contribution in [3.63, 3.8) is 0 Å². The van der Waals surface area contributed by atoms with Crippen LogP contribution in [0, 0.1) is 55.4 Å². The molecule has 22 heteroatoms. The van der Waals surface area contributed by atoms with Crippen molar-refractivity contribution in [2.45, 2.75) is 77.7 Å². The first kappa shape index (κ1) is 70.2. The second-order valence-corrected chi connectivity index (χ2v) is 14.6. The number of hydrogen-bond acceptors (Lipinski definition) is 14. The molecule has 1 saturated carbocycles. The number of anilines is 2. The van der Waals surface area contributed by atoms with E-state index in [0.29, 0.717) is 44.5 Å². The summed E-state index contributed by atoms with van der Waals surface area (Å²) in [5.74, 6) is -10.4. The predicted octanol–water partition coefficient (Wildman–Crippen LogP) is 1.02. The van der Waals surface area contributed by atoms with Crippen molar-refractivity contribution < 1.29 is 72.6 Å². The first-order valence-corrected chi connectivity index (χ1v) is 18.1. The largest absolute Gasteiger partial charge is 0.412 e. The van der Waals surface area contributed by atoms with Gasteiger partial charge in [-0.2, -0.15) is 0 Å². The van der Waals surface area contributed by atoms with Gasteiger partial charge in [-0.3, -0.25) is 28.8 Å². The molecule has 0 unspecified atom stereocenters. The second-order valence-electron chi connectivity index (χ2n) is 14.6. The third kappa shape index (κ3) is 12.4. The van der Waals surface area contributed by atoms with E-state index in [1.165, 1.54) is 44.5 Å². The molecule has 0 amide bonds. The van der Waals surface area contributed by atoms with Crippen LogP contribution in [-0.2, 0) is 28.8 Å². The summed E-state index contributed by atoms with van der Waals surface area (Å²) >= 11 is 0. The summed E-state index contributed by atoms with van der Waals surface area (Å²) in [5.41, 5.74) is 31.2. The van der Waals surface area contributed by atoms with Gasteiger partial charge in [0.25, 0.3) is 34.7 Å². The van der Waals surface area contributed by atoms with Crippen LogP contribution in [0.5, 0.6) is 0 Å². The molecule has 9 rings (SSSR count). The average molecular weight is 965 g/mol. The van der Waals surface area contributed by atoms with Gasteiger partial charge in [0.1, 0.15) is 33.1 Å². The van der Waals surface area contributed by atoms with Crippen LogP contribution in [-0.4, -0.2) is 108 Å². The number of Topliss-reactive ketones (excluding diaryl/α,β-unsaturated/α-hetero) is 6. The van der Waals surface area contributed by atoms with Gasteiger partial charge in [-0.15, -0.1) is 0 Å². The van der Waals surface area contributed by atoms with E-state index in [0.717, 1.165) is 33.1 Å². The third-order valence-electron chi connectivity index (χ3n) is 10.4. The van der Waals surface area contributed by atoms with Gasteiger partial charge in [0, 0.05) is 0 Å². The van der Waals surface area contributed by atoms with E-state index in [-0.39, 0.29) is 66.1 Å². The topological polar surface area (TPSA) is 484 Å². The molecule has 20 N–H and O–H groups in total. The van der Waals surface area contributed by atoms with Crippen LogP contribution in [0.15, 0.2) is 48.5 Å². The highest BCUT2D eigenvalue weighted by Gasteiger charge is 2.47. The molecule has 8 aromatic rings. The van der Waals surface area contributed by atoms with Gasteiger partial charge in [0.15, 0.2) is 0 Å². The van der Waals surface area contributed by atoms with E-state index >= 15 is 0 Å². The highest BCUT2D eigenvalue weighted by Crippen LogP contribution is 2.34.